The van der Waals surface area contributed by atoms with E-state index >= 15 is 0 Å². The molecule has 0 aliphatic heterocycles. The minimum atomic E-state index is -0.263. The zero-order chi connectivity index (χ0) is 17.9. The monoisotopic (exact) mass is 347 g/mol. The summed E-state index contributed by atoms with van der Waals surface area (Å²) in [5.41, 5.74) is 2.24. The molecule has 7 nitrogen and oxygen atoms in total. The van der Waals surface area contributed by atoms with E-state index in [9.17, 15) is 4.79 Å². The fourth-order valence-corrected chi connectivity index (χ4v) is 2.76. The standard InChI is InChI=1S/C19H17N5O2/c1-26-16-7-3-2-6-15(16)19(25)21-17-9-11-24(22-17)13-14-12-23-10-5-4-8-18(23)20-14/h2-12H,13H2,1H3,(H,21,22,25). The number of pyridine rings is 1. The number of nitrogens with one attached hydrogen (secondary N) is 1. The molecule has 1 aromatic carbocycles. The number of hydrogen-bond acceptors (Lipinski definition) is 4. The highest BCUT2D eigenvalue weighted by Gasteiger charge is 2.13. The van der Waals surface area contributed by atoms with Gasteiger partial charge in [-0.1, -0.05) is 18.2 Å². The highest BCUT2D eigenvalue weighted by molar-refractivity contribution is 6.05. The summed E-state index contributed by atoms with van der Waals surface area (Å²) >= 11 is 0. The highest BCUT2D eigenvalue weighted by Crippen LogP contribution is 2.18. The SMILES string of the molecule is COc1ccccc1C(=O)Nc1ccn(Cc2cn3ccccc3n2)n1. The Balaban J connectivity index is 1.48. The van der Waals surface area contributed by atoms with Crippen molar-refractivity contribution >= 4 is 17.4 Å². The quantitative estimate of drug-likeness (QED) is 0.602. The Morgan fingerprint density at radius 1 is 1.12 bits per heavy atom. The van der Waals surface area contributed by atoms with Gasteiger partial charge in [-0.15, -0.1) is 0 Å². The van der Waals surface area contributed by atoms with E-state index in [0.717, 1.165) is 11.3 Å². The second kappa shape index (κ2) is 6.72. The molecular weight excluding hydrogens is 330 g/mol. The zero-order valence-electron chi connectivity index (χ0n) is 14.2. The molecule has 0 bridgehead atoms. The summed E-state index contributed by atoms with van der Waals surface area (Å²) in [4.78, 5) is 17.0. The summed E-state index contributed by atoms with van der Waals surface area (Å²) in [5, 5.41) is 7.18. The highest BCUT2D eigenvalue weighted by atomic mass is 16.5. The number of amides is 1. The number of ether oxygens (including phenoxy) is 1. The van der Waals surface area contributed by atoms with Gasteiger partial charge in [-0.05, 0) is 24.3 Å². The molecule has 0 saturated heterocycles. The van der Waals surface area contributed by atoms with Gasteiger partial charge in [0, 0.05) is 24.7 Å². The van der Waals surface area contributed by atoms with E-state index in [1.807, 2.05) is 47.3 Å². The molecule has 0 saturated carbocycles. The van der Waals surface area contributed by atoms with Gasteiger partial charge < -0.3 is 14.5 Å². The topological polar surface area (TPSA) is 73.5 Å². The first kappa shape index (κ1) is 15.9. The molecule has 26 heavy (non-hydrogen) atoms. The van der Waals surface area contributed by atoms with Crippen LogP contribution in [0, 0.1) is 0 Å². The first-order valence-electron chi connectivity index (χ1n) is 8.13. The molecule has 0 radical (unpaired) electrons. The fraction of sp³-hybridized carbons (Fsp3) is 0.105. The smallest absolute Gasteiger partial charge is 0.260 e. The number of benzene rings is 1. The Hall–Kier alpha value is -3.61. The number of para-hydroxylation sites is 1. The molecule has 1 amide bonds. The molecule has 0 atom stereocenters. The summed E-state index contributed by atoms with van der Waals surface area (Å²) in [5.74, 6) is 0.735. The van der Waals surface area contributed by atoms with Crippen molar-refractivity contribution in [3.8, 4) is 5.75 Å². The Morgan fingerprint density at radius 2 is 1.96 bits per heavy atom. The van der Waals surface area contributed by atoms with E-state index in [1.165, 1.54) is 7.11 Å². The lowest BCUT2D eigenvalue weighted by molar-refractivity contribution is 0.102. The number of carbonyl (C=O) groups excluding carboxylic acids is 1. The van der Waals surface area contributed by atoms with Crippen LogP contribution in [0.3, 0.4) is 0 Å². The predicted octanol–water partition coefficient (Wildman–Crippen LogP) is 2.84. The summed E-state index contributed by atoms with van der Waals surface area (Å²) in [6.07, 6.45) is 5.72. The van der Waals surface area contributed by atoms with Crippen molar-refractivity contribution in [3.05, 3.63) is 78.4 Å². The first-order valence-corrected chi connectivity index (χ1v) is 8.13. The second-order valence-corrected chi connectivity index (χ2v) is 5.75. The number of nitrogens with zero attached hydrogens (tertiary/aromatic N) is 4. The summed E-state index contributed by atoms with van der Waals surface area (Å²) in [6.45, 7) is 0.520. The van der Waals surface area contributed by atoms with E-state index in [4.69, 9.17) is 4.74 Å². The van der Waals surface area contributed by atoms with Crippen LogP contribution in [-0.2, 0) is 6.54 Å². The van der Waals surface area contributed by atoms with Gasteiger partial charge >= 0.3 is 0 Å². The third-order valence-electron chi connectivity index (χ3n) is 3.97. The first-order chi connectivity index (χ1) is 12.7. The maximum Gasteiger partial charge on any atom is 0.260 e. The van der Waals surface area contributed by atoms with Crippen molar-refractivity contribution in [2.75, 3.05) is 12.4 Å². The Labute approximate surface area is 149 Å². The van der Waals surface area contributed by atoms with Gasteiger partial charge in [-0.25, -0.2) is 4.98 Å². The molecule has 0 fully saturated rings. The van der Waals surface area contributed by atoms with E-state index in [2.05, 4.69) is 15.4 Å². The molecule has 0 aliphatic carbocycles. The number of methoxy groups -OCH3 is 1. The number of anilines is 1. The number of carbonyl (C=O) groups is 1. The minimum Gasteiger partial charge on any atom is -0.496 e. The average Bonchev–Trinajstić information content (AvgIpc) is 3.27. The molecular formula is C19H17N5O2. The fourth-order valence-electron chi connectivity index (χ4n) is 2.76. The largest absolute Gasteiger partial charge is 0.496 e. The van der Waals surface area contributed by atoms with Crippen molar-refractivity contribution in [1.29, 1.82) is 0 Å². The van der Waals surface area contributed by atoms with Crippen molar-refractivity contribution < 1.29 is 9.53 Å². The van der Waals surface area contributed by atoms with Gasteiger partial charge in [-0.3, -0.25) is 9.48 Å². The molecule has 130 valence electrons. The molecule has 3 aromatic heterocycles. The van der Waals surface area contributed by atoms with E-state index in [-0.39, 0.29) is 5.91 Å². The second-order valence-electron chi connectivity index (χ2n) is 5.75. The summed E-state index contributed by atoms with van der Waals surface area (Å²) < 4.78 is 8.92. The number of fused-ring (bicyclic) bond motifs is 1. The lowest BCUT2D eigenvalue weighted by atomic mass is 10.2. The lowest BCUT2D eigenvalue weighted by Gasteiger charge is -2.07. The third kappa shape index (κ3) is 3.14. The van der Waals surface area contributed by atoms with Gasteiger partial charge in [0.15, 0.2) is 5.82 Å². The summed E-state index contributed by atoms with van der Waals surface area (Å²) in [7, 11) is 1.54. The molecule has 4 rings (SSSR count). The maximum absolute atomic E-state index is 12.4. The molecule has 0 aliphatic rings. The lowest BCUT2D eigenvalue weighted by Crippen LogP contribution is -2.14. The van der Waals surface area contributed by atoms with E-state index in [1.54, 1.807) is 28.9 Å². The van der Waals surface area contributed by atoms with Crippen molar-refractivity contribution in [3.63, 3.8) is 0 Å². The van der Waals surface area contributed by atoms with Crippen LogP contribution in [0.1, 0.15) is 16.1 Å². The van der Waals surface area contributed by atoms with Crippen LogP contribution in [0.4, 0.5) is 5.82 Å². The molecule has 0 spiro atoms. The van der Waals surface area contributed by atoms with Crippen LogP contribution in [-0.4, -0.2) is 32.2 Å². The predicted molar refractivity (Wildman–Crippen MR) is 97.5 cm³/mol. The molecule has 7 heteroatoms. The molecule has 3 heterocycles. The van der Waals surface area contributed by atoms with Crippen LogP contribution in [0.15, 0.2) is 67.1 Å². The average molecular weight is 347 g/mol. The van der Waals surface area contributed by atoms with Gasteiger partial charge in [0.25, 0.3) is 5.91 Å². The Morgan fingerprint density at radius 3 is 2.81 bits per heavy atom. The maximum atomic E-state index is 12.4. The number of rotatable bonds is 5. The van der Waals surface area contributed by atoms with Crippen molar-refractivity contribution in [1.82, 2.24) is 19.2 Å². The van der Waals surface area contributed by atoms with Crippen LogP contribution in [0.25, 0.3) is 5.65 Å². The molecule has 1 N–H and O–H groups in total. The number of aromatic nitrogens is 4. The Kier molecular flexibility index (Phi) is 4.10. The molecule has 4 aromatic rings. The van der Waals surface area contributed by atoms with Crippen molar-refractivity contribution in [2.24, 2.45) is 0 Å². The van der Waals surface area contributed by atoms with Crippen LogP contribution < -0.4 is 10.1 Å². The van der Waals surface area contributed by atoms with E-state index in [0.29, 0.717) is 23.7 Å². The number of hydrogen-bond donors (Lipinski definition) is 1. The van der Waals surface area contributed by atoms with Crippen LogP contribution >= 0.6 is 0 Å². The van der Waals surface area contributed by atoms with Crippen LogP contribution in [0.2, 0.25) is 0 Å². The third-order valence-corrected chi connectivity index (χ3v) is 3.97. The Bertz CT molecular complexity index is 1030. The molecule has 0 unspecified atom stereocenters. The van der Waals surface area contributed by atoms with E-state index < -0.39 is 0 Å². The van der Waals surface area contributed by atoms with Gasteiger partial charge in [0.2, 0.25) is 0 Å². The van der Waals surface area contributed by atoms with Gasteiger partial charge in [0.1, 0.15) is 11.4 Å². The normalized spacial score (nSPS) is 10.8. The minimum absolute atomic E-state index is 0.263. The van der Waals surface area contributed by atoms with Crippen molar-refractivity contribution in [2.45, 2.75) is 6.54 Å². The number of imidazole rings is 1. The van der Waals surface area contributed by atoms with Gasteiger partial charge in [-0.2, -0.15) is 5.10 Å². The summed E-state index contributed by atoms with van der Waals surface area (Å²) in [6, 6.07) is 14.7. The van der Waals surface area contributed by atoms with Crippen LogP contribution in [0.5, 0.6) is 5.75 Å². The van der Waals surface area contributed by atoms with Gasteiger partial charge in [0.05, 0.1) is 24.9 Å². The zero-order valence-corrected chi connectivity index (χ0v) is 14.2.